The quantitative estimate of drug-likeness (QED) is 0.558. The van der Waals surface area contributed by atoms with Crippen molar-refractivity contribution in [1.82, 2.24) is 5.16 Å². The highest BCUT2D eigenvalue weighted by Gasteiger charge is 1.78. The van der Waals surface area contributed by atoms with Gasteiger partial charge in [0.1, 0.15) is 5.76 Å². The van der Waals surface area contributed by atoms with Gasteiger partial charge in [-0.3, -0.25) is 0 Å². The fourth-order valence-corrected chi connectivity index (χ4v) is 0.279. The van der Waals surface area contributed by atoms with Gasteiger partial charge in [0.05, 0.1) is 6.20 Å². The van der Waals surface area contributed by atoms with E-state index in [1.54, 1.807) is 12.3 Å². The van der Waals surface area contributed by atoms with E-state index in [2.05, 4.69) is 9.68 Å². The van der Waals surface area contributed by atoms with Crippen molar-refractivity contribution in [1.29, 1.82) is 0 Å². The van der Waals surface area contributed by atoms with Gasteiger partial charge in [0, 0.05) is 6.07 Å². The molecule has 0 aliphatic carbocycles. The third-order valence-electron chi connectivity index (χ3n) is 0.567. The van der Waals surface area contributed by atoms with Gasteiger partial charge in [0.15, 0.2) is 0 Å². The molecule has 10 heavy (non-hydrogen) atoms. The zero-order valence-corrected chi connectivity index (χ0v) is 7.51. The van der Waals surface area contributed by atoms with E-state index in [9.17, 15) is 0 Å². The van der Waals surface area contributed by atoms with Gasteiger partial charge in [-0.25, -0.2) is 0 Å². The Hall–Kier alpha value is -0.790. The molecule has 0 unspecified atom stereocenters. The van der Waals surface area contributed by atoms with Crippen LogP contribution in [0, 0.1) is 6.92 Å². The van der Waals surface area contributed by atoms with Crippen LogP contribution in [0.15, 0.2) is 16.8 Å². The number of nitrogens with zero attached hydrogens (tertiary/aromatic N) is 1. The van der Waals surface area contributed by atoms with Gasteiger partial charge in [-0.1, -0.05) is 32.9 Å². The Labute approximate surface area is 63.2 Å². The number of aromatic nitrogens is 1. The lowest BCUT2D eigenvalue weighted by Crippen LogP contribution is -1.50. The predicted octanol–water partition coefficient (Wildman–Crippen LogP) is 3.04. The van der Waals surface area contributed by atoms with Crippen molar-refractivity contribution >= 4 is 0 Å². The highest BCUT2D eigenvalue weighted by Crippen LogP contribution is 1.88. The lowest BCUT2D eigenvalue weighted by atomic mass is 10.5. The molecule has 1 aromatic rings. The minimum Gasteiger partial charge on any atom is -0.362 e. The zero-order chi connectivity index (χ0) is 8.41. The fraction of sp³-hybridized carbons (Fsp3) is 0.625. The van der Waals surface area contributed by atoms with Gasteiger partial charge >= 0.3 is 0 Å². The third kappa shape index (κ3) is 7.21. The van der Waals surface area contributed by atoms with Gasteiger partial charge < -0.3 is 4.52 Å². The Bertz CT molecular complexity index is 113. The Morgan fingerprint density at radius 2 is 1.70 bits per heavy atom. The molecule has 0 bridgehead atoms. The van der Waals surface area contributed by atoms with Crippen LogP contribution in [-0.4, -0.2) is 5.16 Å². The monoisotopic (exact) mass is 143 g/mol. The van der Waals surface area contributed by atoms with Crippen molar-refractivity contribution in [3.63, 3.8) is 0 Å². The summed E-state index contributed by atoms with van der Waals surface area (Å²) in [6.45, 7) is 9.85. The molecule has 0 aromatic carbocycles. The van der Waals surface area contributed by atoms with E-state index < -0.39 is 0 Å². The van der Waals surface area contributed by atoms with Gasteiger partial charge in [0.2, 0.25) is 0 Å². The second-order valence-electron chi connectivity index (χ2n) is 1.12. The van der Waals surface area contributed by atoms with E-state index in [4.69, 9.17) is 0 Å². The topological polar surface area (TPSA) is 26.0 Å². The molecule has 1 rings (SSSR count). The summed E-state index contributed by atoms with van der Waals surface area (Å²) in [5.74, 6) is 0.856. The Morgan fingerprint density at radius 1 is 1.20 bits per heavy atom. The van der Waals surface area contributed by atoms with E-state index in [1.807, 2.05) is 34.6 Å². The first kappa shape index (κ1) is 11.9. The molecule has 0 aliphatic heterocycles. The van der Waals surface area contributed by atoms with Crippen LogP contribution in [0.3, 0.4) is 0 Å². The van der Waals surface area contributed by atoms with Crippen LogP contribution in [-0.2, 0) is 0 Å². The van der Waals surface area contributed by atoms with E-state index in [0.29, 0.717) is 0 Å². The molecule has 1 heterocycles. The maximum atomic E-state index is 4.58. The lowest BCUT2D eigenvalue weighted by molar-refractivity contribution is 0.397. The molecule has 60 valence electrons. The number of hydrogen-bond donors (Lipinski definition) is 0. The predicted molar refractivity (Wildman–Crippen MR) is 43.9 cm³/mol. The van der Waals surface area contributed by atoms with Gasteiger partial charge in [-0.2, -0.15) is 0 Å². The highest BCUT2D eigenvalue weighted by atomic mass is 16.5. The summed E-state index contributed by atoms with van der Waals surface area (Å²) in [7, 11) is 0. The van der Waals surface area contributed by atoms with Gasteiger partial charge in [-0.15, -0.1) is 0 Å². The number of aryl methyl sites for hydroxylation is 1. The molecular formula is C8H17NO. The maximum Gasteiger partial charge on any atom is 0.133 e. The molecular weight excluding hydrogens is 126 g/mol. The van der Waals surface area contributed by atoms with Crippen molar-refractivity contribution in [3.8, 4) is 0 Å². The van der Waals surface area contributed by atoms with E-state index in [1.165, 1.54) is 0 Å². The molecule has 0 saturated heterocycles. The third-order valence-corrected chi connectivity index (χ3v) is 0.567. The van der Waals surface area contributed by atoms with Crippen molar-refractivity contribution < 1.29 is 4.52 Å². The Morgan fingerprint density at radius 3 is 1.80 bits per heavy atom. The van der Waals surface area contributed by atoms with Crippen LogP contribution >= 0.6 is 0 Å². The average molecular weight is 143 g/mol. The first-order chi connectivity index (χ1) is 4.89. The van der Waals surface area contributed by atoms with Crippen LogP contribution in [0.25, 0.3) is 0 Å². The first-order valence-corrected chi connectivity index (χ1v) is 3.77. The van der Waals surface area contributed by atoms with E-state index >= 15 is 0 Å². The Balaban J connectivity index is 0. The van der Waals surface area contributed by atoms with Crippen molar-refractivity contribution in [2.45, 2.75) is 34.6 Å². The van der Waals surface area contributed by atoms with Crippen molar-refractivity contribution in [3.05, 3.63) is 18.0 Å². The van der Waals surface area contributed by atoms with Crippen LogP contribution in [0.4, 0.5) is 0 Å². The summed E-state index contributed by atoms with van der Waals surface area (Å²) in [6.07, 6.45) is 1.62. The molecule has 0 fully saturated rings. The van der Waals surface area contributed by atoms with Crippen LogP contribution < -0.4 is 0 Å². The molecule has 2 nitrogen and oxygen atoms in total. The number of rotatable bonds is 0. The standard InChI is InChI=1S/C4H5NO.2C2H6/c1-4-2-3-5-6-4;2*1-2/h2-3H,1H3;2*1-2H3. The Kier molecular flexibility index (Phi) is 13.2. The SMILES string of the molecule is CC.CC.Cc1ccno1. The molecule has 0 aliphatic rings. The minimum absolute atomic E-state index is 0.856. The average Bonchev–Trinajstić information content (AvgIpc) is 2.48. The molecule has 0 spiro atoms. The summed E-state index contributed by atoms with van der Waals surface area (Å²) < 4.78 is 4.58. The molecule has 2 heteroatoms. The summed E-state index contributed by atoms with van der Waals surface area (Å²) in [5, 5.41) is 3.45. The summed E-state index contributed by atoms with van der Waals surface area (Å²) in [5.41, 5.74) is 0. The van der Waals surface area contributed by atoms with Crippen LogP contribution in [0.1, 0.15) is 33.5 Å². The smallest absolute Gasteiger partial charge is 0.133 e. The second-order valence-corrected chi connectivity index (χ2v) is 1.12. The molecule has 0 amide bonds. The van der Waals surface area contributed by atoms with Gasteiger partial charge in [0.25, 0.3) is 0 Å². The normalized spacial score (nSPS) is 6.50. The summed E-state index contributed by atoms with van der Waals surface area (Å²) in [6, 6.07) is 1.81. The molecule has 0 saturated carbocycles. The number of hydrogen-bond acceptors (Lipinski definition) is 2. The lowest BCUT2D eigenvalue weighted by Gasteiger charge is -1.65. The van der Waals surface area contributed by atoms with Gasteiger partial charge in [-0.05, 0) is 6.92 Å². The second kappa shape index (κ2) is 11.1. The van der Waals surface area contributed by atoms with Crippen molar-refractivity contribution in [2.24, 2.45) is 0 Å². The minimum atomic E-state index is 0.856. The van der Waals surface area contributed by atoms with Crippen LogP contribution in [0.2, 0.25) is 0 Å². The molecule has 0 radical (unpaired) electrons. The van der Waals surface area contributed by atoms with E-state index in [0.717, 1.165) is 5.76 Å². The largest absolute Gasteiger partial charge is 0.362 e. The molecule has 1 aromatic heterocycles. The highest BCUT2D eigenvalue weighted by molar-refractivity contribution is 4.87. The molecule has 0 N–H and O–H groups in total. The summed E-state index contributed by atoms with van der Waals surface area (Å²) in [4.78, 5) is 0. The van der Waals surface area contributed by atoms with E-state index in [-0.39, 0.29) is 0 Å². The molecule has 0 atom stereocenters. The summed E-state index contributed by atoms with van der Waals surface area (Å²) >= 11 is 0. The van der Waals surface area contributed by atoms with Crippen molar-refractivity contribution in [2.75, 3.05) is 0 Å². The zero-order valence-electron chi connectivity index (χ0n) is 7.51. The first-order valence-electron chi connectivity index (χ1n) is 3.77. The van der Waals surface area contributed by atoms with Crippen LogP contribution in [0.5, 0.6) is 0 Å². The maximum absolute atomic E-state index is 4.58. The fourth-order valence-electron chi connectivity index (χ4n) is 0.279.